The number of anilines is 1. The van der Waals surface area contributed by atoms with Crippen LogP contribution in [0.5, 0.6) is 0 Å². The lowest BCUT2D eigenvalue weighted by molar-refractivity contribution is -0.115. The third-order valence-electron chi connectivity index (χ3n) is 2.16. The average Bonchev–Trinajstić information content (AvgIpc) is 2.47. The predicted octanol–water partition coefficient (Wildman–Crippen LogP) is 3.30. The molecule has 106 valence electrons. The Morgan fingerprint density at radius 3 is 2.53 bits per heavy atom. The second-order valence-corrected chi connectivity index (χ2v) is 11.1. The largest absolute Gasteiger partial charge is 0.315 e. The Balaban J connectivity index is 3.31. The van der Waals surface area contributed by atoms with Crippen LogP contribution in [0.25, 0.3) is 0 Å². The first-order valence-corrected chi connectivity index (χ1v) is 11.3. The molecule has 19 heavy (non-hydrogen) atoms. The first-order valence-electron chi connectivity index (χ1n) is 4.93. The number of thioether (sulfide) groups is 1. The van der Waals surface area contributed by atoms with Gasteiger partial charge in [-0.05, 0) is 24.5 Å². The molecule has 1 aromatic rings. The van der Waals surface area contributed by atoms with Gasteiger partial charge in [-0.2, -0.15) is 0 Å². The summed E-state index contributed by atoms with van der Waals surface area (Å²) in [4.78, 5) is 12.9. The van der Waals surface area contributed by atoms with Crippen LogP contribution in [-0.4, -0.2) is 18.0 Å². The van der Waals surface area contributed by atoms with E-state index in [9.17, 15) is 9.36 Å². The van der Waals surface area contributed by atoms with Crippen molar-refractivity contribution >= 4 is 63.8 Å². The maximum absolute atomic E-state index is 12.6. The quantitative estimate of drug-likeness (QED) is 0.349. The fraction of sp³-hybridized carbons (Fsp3) is 0.222. The first kappa shape index (κ1) is 17.2. The van der Waals surface area contributed by atoms with Crippen molar-refractivity contribution in [3.05, 3.63) is 24.3 Å². The molecule has 1 rings (SSSR count). The monoisotopic (exact) mass is 357 g/mol. The van der Waals surface area contributed by atoms with Crippen LogP contribution < -0.4 is 14.9 Å². The number of rotatable bonds is 6. The van der Waals surface area contributed by atoms with Crippen molar-refractivity contribution in [3.8, 4) is 0 Å². The van der Waals surface area contributed by atoms with Crippen LogP contribution in [-0.2, 0) is 9.36 Å². The lowest BCUT2D eigenvalue weighted by Crippen LogP contribution is -2.28. The molecule has 0 saturated carbocycles. The topological polar surface area (TPSA) is 89.4 Å². The van der Waals surface area contributed by atoms with Gasteiger partial charge in [0.2, 0.25) is 5.91 Å². The predicted molar refractivity (Wildman–Crippen MR) is 87.6 cm³/mol. The zero-order valence-electron chi connectivity index (χ0n) is 9.98. The van der Waals surface area contributed by atoms with Crippen LogP contribution in [0.2, 0.25) is 0 Å². The number of carbonyl (C=O) groups is 1. The van der Waals surface area contributed by atoms with Crippen molar-refractivity contribution in [2.45, 2.75) is 4.90 Å². The molecule has 0 aliphatic heterocycles. The fourth-order valence-electron chi connectivity index (χ4n) is 1.34. The second-order valence-electron chi connectivity index (χ2n) is 3.22. The highest BCUT2D eigenvalue weighted by Gasteiger charge is 2.35. The highest BCUT2D eigenvalue weighted by Crippen LogP contribution is 2.68. The maximum atomic E-state index is 12.6. The van der Waals surface area contributed by atoms with Crippen molar-refractivity contribution in [2.24, 2.45) is 10.3 Å². The minimum atomic E-state index is -3.34. The summed E-state index contributed by atoms with van der Waals surface area (Å²) < 4.78 is 13.7. The molecule has 10 heteroatoms. The van der Waals surface area contributed by atoms with Crippen molar-refractivity contribution in [1.29, 1.82) is 0 Å². The summed E-state index contributed by atoms with van der Waals surface area (Å²) >= 11 is 8.21. The van der Waals surface area contributed by atoms with Gasteiger partial charge < -0.3 is 0 Å². The number of carbonyl (C=O) groups excluding carboxylic acids is 1. The summed E-state index contributed by atoms with van der Waals surface area (Å²) in [5, 5.41) is 10.9. The molecule has 0 radical (unpaired) electrons. The lowest BCUT2D eigenvalue weighted by Gasteiger charge is -2.27. The molecule has 0 aliphatic carbocycles. The molecular formula is C9H13ClN3O2PS3. The second kappa shape index (κ2) is 7.83. The summed E-state index contributed by atoms with van der Waals surface area (Å²) in [6.45, 7) is 0. The first-order chi connectivity index (χ1) is 9.02. The third kappa shape index (κ3) is 4.07. The average molecular weight is 358 g/mol. The van der Waals surface area contributed by atoms with Crippen LogP contribution in [0.15, 0.2) is 29.2 Å². The standard InChI is InChI=1S/C9H13ClN3O2PS3/c1-17-8-4-2-3-7(5-8)13(9(14)6-10)16(15,18-11)19-12/h2-5H,6,11-12H2,1H3. The van der Waals surface area contributed by atoms with E-state index in [2.05, 4.69) is 0 Å². The highest BCUT2D eigenvalue weighted by molar-refractivity contribution is 8.90. The van der Waals surface area contributed by atoms with Crippen LogP contribution in [0.1, 0.15) is 0 Å². The molecule has 0 aliphatic rings. The fourth-order valence-corrected chi connectivity index (χ4v) is 5.26. The third-order valence-corrected chi connectivity index (χ3v) is 8.72. The van der Waals surface area contributed by atoms with Gasteiger partial charge in [0.15, 0.2) is 0 Å². The summed E-state index contributed by atoms with van der Waals surface area (Å²) in [7, 11) is 0. The van der Waals surface area contributed by atoms with Crippen molar-refractivity contribution in [3.63, 3.8) is 0 Å². The molecule has 1 amide bonds. The van der Waals surface area contributed by atoms with Gasteiger partial charge in [-0.15, -0.1) is 23.4 Å². The van der Waals surface area contributed by atoms with Gasteiger partial charge in [0.1, 0.15) is 5.88 Å². The Morgan fingerprint density at radius 2 is 2.05 bits per heavy atom. The van der Waals surface area contributed by atoms with E-state index in [4.69, 9.17) is 21.9 Å². The van der Waals surface area contributed by atoms with Crippen molar-refractivity contribution in [2.75, 3.05) is 16.8 Å². The molecule has 0 bridgehead atoms. The number of alkyl halides is 1. The minimum absolute atomic E-state index is 0.297. The lowest BCUT2D eigenvalue weighted by atomic mass is 10.3. The molecule has 0 saturated heterocycles. The Hall–Kier alpha value is 0.180. The highest BCUT2D eigenvalue weighted by atomic mass is 35.5. The SMILES string of the molecule is CSc1cccc(N(C(=O)CCl)P(=O)(SN)SN)c1. The number of benzene rings is 1. The molecular weight excluding hydrogens is 345 g/mol. The van der Waals surface area contributed by atoms with Gasteiger partial charge in [-0.3, -0.25) is 19.6 Å². The summed E-state index contributed by atoms with van der Waals surface area (Å²) in [6, 6.07) is 7.06. The molecule has 0 spiro atoms. The number of hydrogen-bond donors (Lipinski definition) is 2. The molecule has 5 nitrogen and oxygen atoms in total. The van der Waals surface area contributed by atoms with E-state index < -0.39 is 11.6 Å². The zero-order valence-corrected chi connectivity index (χ0v) is 14.1. The Bertz CT molecular complexity index is 497. The maximum Gasteiger partial charge on any atom is 0.315 e. The van der Waals surface area contributed by atoms with E-state index in [0.717, 1.165) is 9.57 Å². The summed E-state index contributed by atoms with van der Waals surface area (Å²) in [6.07, 6.45) is 1.90. The summed E-state index contributed by atoms with van der Waals surface area (Å²) in [5.41, 5.74) is -2.87. The van der Waals surface area contributed by atoms with Crippen LogP contribution in [0.3, 0.4) is 0 Å². The molecule has 0 aromatic heterocycles. The molecule has 0 heterocycles. The number of hydrogen-bond acceptors (Lipinski definition) is 7. The van der Waals surface area contributed by atoms with Gasteiger partial charge in [0.25, 0.3) is 0 Å². The molecule has 0 atom stereocenters. The normalized spacial score (nSPS) is 11.4. The van der Waals surface area contributed by atoms with Crippen LogP contribution in [0, 0.1) is 0 Å². The molecule has 0 fully saturated rings. The molecule has 0 unspecified atom stereocenters. The van der Waals surface area contributed by atoms with Gasteiger partial charge in [0, 0.05) is 28.0 Å². The summed E-state index contributed by atoms with van der Waals surface area (Å²) in [5.74, 6) is -0.798. The minimum Gasteiger partial charge on any atom is -0.273 e. The van der Waals surface area contributed by atoms with Crippen molar-refractivity contribution in [1.82, 2.24) is 0 Å². The van der Waals surface area contributed by atoms with E-state index in [1.165, 1.54) is 11.8 Å². The van der Waals surface area contributed by atoms with E-state index in [1.54, 1.807) is 18.2 Å². The Labute approximate surface area is 129 Å². The number of amides is 1. The van der Waals surface area contributed by atoms with Crippen LogP contribution >= 0.6 is 52.2 Å². The molecule has 4 N–H and O–H groups in total. The van der Waals surface area contributed by atoms with E-state index >= 15 is 0 Å². The smallest absolute Gasteiger partial charge is 0.273 e. The van der Waals surface area contributed by atoms with E-state index in [0.29, 0.717) is 28.8 Å². The number of nitrogens with zero attached hydrogens (tertiary/aromatic N) is 1. The van der Waals surface area contributed by atoms with Gasteiger partial charge >= 0.3 is 5.70 Å². The number of nitrogens with two attached hydrogens (primary N) is 2. The zero-order chi connectivity index (χ0) is 14.5. The van der Waals surface area contributed by atoms with E-state index in [1.807, 2.05) is 12.3 Å². The van der Waals surface area contributed by atoms with Gasteiger partial charge in [-0.1, -0.05) is 6.07 Å². The van der Waals surface area contributed by atoms with Gasteiger partial charge in [-0.25, -0.2) is 4.67 Å². The van der Waals surface area contributed by atoms with E-state index in [-0.39, 0.29) is 5.88 Å². The van der Waals surface area contributed by atoms with Crippen molar-refractivity contribution < 1.29 is 9.36 Å². The molecule has 1 aromatic carbocycles. The Kier molecular flexibility index (Phi) is 7.10. The number of halogens is 1. The van der Waals surface area contributed by atoms with Crippen LogP contribution in [0.4, 0.5) is 5.69 Å². The Morgan fingerprint density at radius 1 is 1.42 bits per heavy atom. The van der Waals surface area contributed by atoms with Gasteiger partial charge in [0.05, 0.1) is 5.69 Å².